The molecule has 2 nitrogen and oxygen atoms in total. The molecule has 0 fully saturated rings. The van der Waals surface area contributed by atoms with E-state index in [1.807, 2.05) is 18.4 Å². The Morgan fingerprint density at radius 3 is 2.94 bits per heavy atom. The molecule has 0 saturated carbocycles. The summed E-state index contributed by atoms with van der Waals surface area (Å²) in [7, 11) is 1.97. The van der Waals surface area contributed by atoms with E-state index in [-0.39, 0.29) is 6.10 Å². The third-order valence-corrected chi connectivity index (χ3v) is 4.54. The second-order valence-electron chi connectivity index (χ2n) is 4.52. The Morgan fingerprint density at radius 2 is 2.17 bits per heavy atom. The summed E-state index contributed by atoms with van der Waals surface area (Å²) in [6.07, 6.45) is 1.26. The average molecular weight is 259 g/mol. The number of benzene rings is 1. The summed E-state index contributed by atoms with van der Waals surface area (Å²) in [5.74, 6) is 0. The summed E-state index contributed by atoms with van der Waals surface area (Å²) < 4.78 is 5.84. The summed E-state index contributed by atoms with van der Waals surface area (Å²) in [6.45, 7) is 1.73. The van der Waals surface area contributed by atoms with Crippen LogP contribution in [0.15, 0.2) is 36.4 Å². The van der Waals surface area contributed by atoms with E-state index in [9.17, 15) is 0 Å². The summed E-state index contributed by atoms with van der Waals surface area (Å²) in [5, 5.41) is 3.21. The smallest absolute Gasteiger partial charge is 0.0960 e. The maximum atomic E-state index is 5.84. The average Bonchev–Trinajstić information content (AvgIpc) is 2.85. The molecule has 0 radical (unpaired) electrons. The summed E-state index contributed by atoms with van der Waals surface area (Å²) >= 11 is 1.91. The number of fused-ring (bicyclic) bond motifs is 1. The molecule has 0 saturated heterocycles. The minimum atomic E-state index is 0.215. The van der Waals surface area contributed by atoms with Crippen molar-refractivity contribution in [3.63, 3.8) is 0 Å². The molecule has 2 aromatic rings. The van der Waals surface area contributed by atoms with Crippen molar-refractivity contribution in [1.82, 2.24) is 5.32 Å². The van der Waals surface area contributed by atoms with E-state index in [1.54, 1.807) is 0 Å². The molecule has 3 rings (SSSR count). The van der Waals surface area contributed by atoms with Crippen molar-refractivity contribution in [2.45, 2.75) is 12.5 Å². The largest absolute Gasteiger partial charge is 0.372 e. The van der Waals surface area contributed by atoms with Gasteiger partial charge < -0.3 is 10.1 Å². The van der Waals surface area contributed by atoms with Crippen LogP contribution in [-0.4, -0.2) is 20.2 Å². The predicted molar refractivity (Wildman–Crippen MR) is 76.1 cm³/mol. The van der Waals surface area contributed by atoms with Crippen molar-refractivity contribution >= 4 is 11.3 Å². The van der Waals surface area contributed by atoms with Gasteiger partial charge in [-0.2, -0.15) is 0 Å². The van der Waals surface area contributed by atoms with Crippen LogP contribution in [-0.2, 0) is 11.2 Å². The molecule has 1 aromatic carbocycles. The molecule has 1 unspecified atom stereocenters. The number of hydrogen-bond donors (Lipinski definition) is 1. The quantitative estimate of drug-likeness (QED) is 0.913. The first-order chi connectivity index (χ1) is 8.88. The zero-order valence-electron chi connectivity index (χ0n) is 10.5. The van der Waals surface area contributed by atoms with Crippen molar-refractivity contribution in [3.05, 3.63) is 46.8 Å². The molecule has 0 aliphatic carbocycles. The molecule has 1 aliphatic rings. The van der Waals surface area contributed by atoms with E-state index in [0.29, 0.717) is 0 Å². The number of likely N-dealkylation sites (N-methyl/N-ethyl adjacent to an activating group) is 1. The third kappa shape index (κ3) is 2.21. The Balaban J connectivity index is 1.96. The lowest BCUT2D eigenvalue weighted by molar-refractivity contribution is 0.0451. The fourth-order valence-electron chi connectivity index (χ4n) is 2.39. The van der Waals surface area contributed by atoms with Gasteiger partial charge in [-0.05, 0) is 24.2 Å². The lowest BCUT2D eigenvalue weighted by Gasteiger charge is -2.22. The van der Waals surface area contributed by atoms with E-state index >= 15 is 0 Å². The van der Waals surface area contributed by atoms with Gasteiger partial charge in [0.2, 0.25) is 0 Å². The summed E-state index contributed by atoms with van der Waals surface area (Å²) in [5.41, 5.74) is 2.68. The van der Waals surface area contributed by atoms with Gasteiger partial charge in [-0.15, -0.1) is 11.3 Å². The number of thiophene rings is 1. The maximum absolute atomic E-state index is 5.84. The monoisotopic (exact) mass is 259 g/mol. The molecule has 0 bridgehead atoms. The Bertz CT molecular complexity index is 521. The van der Waals surface area contributed by atoms with Crippen LogP contribution in [0, 0.1) is 0 Å². The molecule has 1 N–H and O–H groups in total. The Labute approximate surface area is 112 Å². The van der Waals surface area contributed by atoms with Gasteiger partial charge in [0, 0.05) is 22.7 Å². The van der Waals surface area contributed by atoms with Crippen molar-refractivity contribution < 1.29 is 4.74 Å². The normalized spacial score (nSPS) is 18.6. The highest BCUT2D eigenvalue weighted by Gasteiger charge is 2.23. The van der Waals surface area contributed by atoms with E-state index in [4.69, 9.17) is 4.74 Å². The maximum Gasteiger partial charge on any atom is 0.0960 e. The van der Waals surface area contributed by atoms with Gasteiger partial charge in [-0.1, -0.05) is 30.3 Å². The van der Waals surface area contributed by atoms with Crippen LogP contribution in [0.1, 0.15) is 16.5 Å². The Morgan fingerprint density at radius 1 is 1.33 bits per heavy atom. The van der Waals surface area contributed by atoms with Crippen LogP contribution in [0.2, 0.25) is 0 Å². The second-order valence-corrected chi connectivity index (χ2v) is 5.66. The topological polar surface area (TPSA) is 21.3 Å². The fraction of sp³-hybridized carbons (Fsp3) is 0.333. The SMILES string of the molecule is CNCC1OCCc2sc(-c3ccccc3)cc21. The van der Waals surface area contributed by atoms with E-state index < -0.39 is 0 Å². The van der Waals surface area contributed by atoms with Crippen molar-refractivity contribution in [2.24, 2.45) is 0 Å². The molecule has 1 aliphatic heterocycles. The van der Waals surface area contributed by atoms with Crippen LogP contribution < -0.4 is 5.32 Å². The summed E-state index contributed by atoms with van der Waals surface area (Å²) in [4.78, 5) is 2.84. The molecule has 94 valence electrons. The zero-order valence-corrected chi connectivity index (χ0v) is 11.3. The highest BCUT2D eigenvalue weighted by atomic mass is 32.1. The van der Waals surface area contributed by atoms with E-state index in [2.05, 4.69) is 41.7 Å². The minimum absolute atomic E-state index is 0.215. The molecule has 18 heavy (non-hydrogen) atoms. The van der Waals surface area contributed by atoms with Crippen LogP contribution in [0.3, 0.4) is 0 Å². The van der Waals surface area contributed by atoms with Gasteiger partial charge in [0.15, 0.2) is 0 Å². The predicted octanol–water partition coefficient (Wildman–Crippen LogP) is 3.25. The van der Waals surface area contributed by atoms with E-state index in [1.165, 1.54) is 20.9 Å². The second kappa shape index (κ2) is 5.22. The first kappa shape index (κ1) is 11.9. The van der Waals surface area contributed by atoms with Gasteiger partial charge in [0.05, 0.1) is 12.7 Å². The van der Waals surface area contributed by atoms with Gasteiger partial charge in [-0.3, -0.25) is 0 Å². The number of nitrogens with one attached hydrogen (secondary N) is 1. The number of ether oxygens (including phenoxy) is 1. The molecule has 1 aromatic heterocycles. The molecule has 3 heteroatoms. The van der Waals surface area contributed by atoms with E-state index in [0.717, 1.165) is 19.6 Å². The van der Waals surface area contributed by atoms with Gasteiger partial charge in [0.25, 0.3) is 0 Å². The molecular weight excluding hydrogens is 242 g/mol. The van der Waals surface area contributed by atoms with Gasteiger partial charge in [-0.25, -0.2) is 0 Å². The number of hydrogen-bond acceptors (Lipinski definition) is 3. The Kier molecular flexibility index (Phi) is 3.46. The van der Waals surface area contributed by atoms with Crippen molar-refractivity contribution in [2.75, 3.05) is 20.2 Å². The minimum Gasteiger partial charge on any atom is -0.372 e. The third-order valence-electron chi connectivity index (χ3n) is 3.28. The molecule has 1 atom stereocenters. The summed E-state index contributed by atoms with van der Waals surface area (Å²) in [6, 6.07) is 12.9. The Hall–Kier alpha value is -1.16. The zero-order chi connectivity index (χ0) is 12.4. The van der Waals surface area contributed by atoms with Gasteiger partial charge in [0.1, 0.15) is 0 Å². The van der Waals surface area contributed by atoms with Crippen LogP contribution >= 0.6 is 11.3 Å². The highest BCUT2D eigenvalue weighted by molar-refractivity contribution is 7.15. The van der Waals surface area contributed by atoms with Crippen LogP contribution in [0.25, 0.3) is 10.4 Å². The van der Waals surface area contributed by atoms with Crippen molar-refractivity contribution in [3.8, 4) is 10.4 Å². The molecule has 0 amide bonds. The lowest BCUT2D eigenvalue weighted by atomic mass is 10.0. The van der Waals surface area contributed by atoms with Crippen LogP contribution in [0.5, 0.6) is 0 Å². The van der Waals surface area contributed by atoms with Crippen molar-refractivity contribution in [1.29, 1.82) is 0 Å². The number of rotatable bonds is 3. The first-order valence-corrected chi connectivity index (χ1v) is 7.14. The standard InChI is InChI=1S/C15H17NOS/c1-16-10-13-12-9-15(11-5-3-2-4-6-11)18-14(12)7-8-17-13/h2-6,9,13,16H,7-8,10H2,1H3. The first-order valence-electron chi connectivity index (χ1n) is 6.32. The molecular formula is C15H17NOS. The van der Waals surface area contributed by atoms with Crippen LogP contribution in [0.4, 0.5) is 0 Å². The molecule has 2 heterocycles. The lowest BCUT2D eigenvalue weighted by Crippen LogP contribution is -2.24. The molecule has 0 spiro atoms. The fourth-order valence-corrected chi connectivity index (χ4v) is 3.59. The van der Waals surface area contributed by atoms with Gasteiger partial charge >= 0.3 is 0 Å². The highest BCUT2D eigenvalue weighted by Crippen LogP contribution is 2.38.